The molecule has 0 bridgehead atoms. The lowest BCUT2D eigenvalue weighted by Gasteiger charge is -2.44. The van der Waals surface area contributed by atoms with Gasteiger partial charge in [0, 0.05) is 22.7 Å². The normalized spacial score (nSPS) is 12.9. The molecule has 5 aromatic carbocycles. The fourth-order valence-corrected chi connectivity index (χ4v) is 5.68. The molecule has 0 heterocycles. The number of benzene rings is 5. The Morgan fingerprint density at radius 3 is 1.05 bits per heavy atom. The largest absolute Gasteiger partial charge is 0.332 e. The molecule has 5 rings (SSSR count). The van der Waals surface area contributed by atoms with Crippen LogP contribution in [-0.2, 0) is 11.1 Å². The van der Waals surface area contributed by atoms with Gasteiger partial charge in [0.05, 0.1) is 11.1 Å². The average Bonchev–Trinajstić information content (AvgIpc) is 2.99. The van der Waals surface area contributed by atoms with Crippen molar-refractivity contribution in [3.8, 4) is 0 Å². The lowest BCUT2D eigenvalue weighted by molar-refractivity contribution is 0.462. The number of rotatable bonds is 9. The maximum absolute atomic E-state index is 2.48. The maximum atomic E-state index is 2.48. The van der Waals surface area contributed by atoms with Crippen LogP contribution in [0, 0.1) is 0 Å². The lowest BCUT2D eigenvalue weighted by atomic mass is 9.83. The van der Waals surface area contributed by atoms with Gasteiger partial charge < -0.3 is 9.80 Å². The fourth-order valence-electron chi connectivity index (χ4n) is 5.68. The van der Waals surface area contributed by atoms with E-state index in [-0.39, 0.29) is 11.1 Å². The molecule has 0 aliphatic rings. The van der Waals surface area contributed by atoms with E-state index in [1.165, 1.54) is 33.9 Å². The summed E-state index contributed by atoms with van der Waals surface area (Å²) in [6.45, 7) is 9.25. The highest BCUT2D eigenvalue weighted by molar-refractivity contribution is 5.68. The minimum Gasteiger partial charge on any atom is -0.332 e. The van der Waals surface area contributed by atoms with Crippen molar-refractivity contribution in [3.63, 3.8) is 0 Å². The van der Waals surface area contributed by atoms with E-state index in [2.05, 4.69) is 183 Å². The van der Waals surface area contributed by atoms with Crippen LogP contribution in [0.25, 0.3) is 0 Å². The van der Waals surface area contributed by atoms with Crippen LogP contribution in [0.2, 0.25) is 0 Å². The third-order valence-corrected chi connectivity index (χ3v) is 8.01. The van der Waals surface area contributed by atoms with Gasteiger partial charge in [0.2, 0.25) is 0 Å². The Kier molecular flexibility index (Phi) is 7.56. The Morgan fingerprint density at radius 2 is 0.718 bits per heavy atom. The summed E-state index contributed by atoms with van der Waals surface area (Å²) in [5.74, 6) is 0. The second kappa shape index (κ2) is 11.2. The van der Waals surface area contributed by atoms with Gasteiger partial charge in [0.25, 0.3) is 0 Å². The van der Waals surface area contributed by atoms with Crippen LogP contribution in [0.15, 0.2) is 146 Å². The molecular formula is C37H38N2. The minimum absolute atomic E-state index is 0.232. The molecule has 2 heteroatoms. The van der Waals surface area contributed by atoms with Crippen molar-refractivity contribution in [2.24, 2.45) is 0 Å². The van der Waals surface area contributed by atoms with Gasteiger partial charge in [0.15, 0.2) is 0 Å². The predicted octanol–water partition coefficient (Wildman–Crippen LogP) is 10.2. The van der Waals surface area contributed by atoms with Crippen LogP contribution in [0.1, 0.15) is 45.2 Å². The zero-order valence-electron chi connectivity index (χ0n) is 23.5. The Morgan fingerprint density at radius 1 is 0.410 bits per heavy atom. The van der Waals surface area contributed by atoms with Gasteiger partial charge in [-0.15, -0.1) is 0 Å². The van der Waals surface area contributed by atoms with Crippen LogP contribution >= 0.6 is 0 Å². The van der Waals surface area contributed by atoms with Crippen molar-refractivity contribution < 1.29 is 0 Å². The van der Waals surface area contributed by atoms with E-state index in [0.717, 1.165) is 6.42 Å². The third kappa shape index (κ3) is 5.20. The van der Waals surface area contributed by atoms with Crippen molar-refractivity contribution in [2.75, 3.05) is 9.80 Å². The number of para-hydroxylation sites is 4. The molecule has 39 heavy (non-hydrogen) atoms. The molecule has 0 saturated heterocycles. The van der Waals surface area contributed by atoms with Gasteiger partial charge in [-0.05, 0) is 86.8 Å². The standard InChI is InChI=1S/C37H38N2/c1-5-37(4,39(34-22-14-8-15-23-34)35-24-16-9-17-25-35)31-28-26-30(27-29-31)36(2,3)38(32-18-10-6-11-19-32)33-20-12-7-13-21-33/h6-29H,5H2,1-4H3. The smallest absolute Gasteiger partial charge is 0.0671 e. The van der Waals surface area contributed by atoms with E-state index in [1.807, 2.05) is 0 Å². The monoisotopic (exact) mass is 510 g/mol. The van der Waals surface area contributed by atoms with Gasteiger partial charge in [0.1, 0.15) is 0 Å². The third-order valence-electron chi connectivity index (χ3n) is 8.01. The number of nitrogens with zero attached hydrogens (tertiary/aromatic N) is 2. The first kappa shape index (κ1) is 26.3. The summed E-state index contributed by atoms with van der Waals surface area (Å²) in [7, 11) is 0. The second-order valence-corrected chi connectivity index (χ2v) is 10.8. The highest BCUT2D eigenvalue weighted by Gasteiger charge is 2.35. The molecule has 2 nitrogen and oxygen atoms in total. The van der Waals surface area contributed by atoms with Gasteiger partial charge >= 0.3 is 0 Å². The summed E-state index contributed by atoms with van der Waals surface area (Å²) < 4.78 is 0. The van der Waals surface area contributed by atoms with Crippen molar-refractivity contribution in [1.29, 1.82) is 0 Å². The summed E-state index contributed by atoms with van der Waals surface area (Å²) in [6.07, 6.45) is 0.958. The Hall–Kier alpha value is -4.30. The molecule has 1 unspecified atom stereocenters. The van der Waals surface area contributed by atoms with E-state index in [9.17, 15) is 0 Å². The molecule has 0 fully saturated rings. The molecule has 0 aliphatic heterocycles. The molecule has 0 aliphatic carbocycles. The maximum Gasteiger partial charge on any atom is 0.0671 e. The summed E-state index contributed by atoms with van der Waals surface area (Å²) in [5, 5.41) is 0. The minimum atomic E-state index is -0.275. The Balaban J connectivity index is 1.57. The van der Waals surface area contributed by atoms with Crippen molar-refractivity contribution >= 4 is 22.7 Å². The SMILES string of the molecule is CCC(C)(c1ccc(C(C)(C)N(c2ccccc2)c2ccccc2)cc1)N(c1ccccc1)c1ccccc1. The summed E-state index contributed by atoms with van der Waals surface area (Å²) in [4.78, 5) is 4.91. The van der Waals surface area contributed by atoms with E-state index in [1.54, 1.807) is 0 Å². The zero-order valence-corrected chi connectivity index (χ0v) is 23.5. The molecule has 0 saturated carbocycles. The summed E-state index contributed by atoms with van der Waals surface area (Å²) in [5.41, 5.74) is 6.79. The molecule has 5 aromatic rings. The van der Waals surface area contributed by atoms with E-state index >= 15 is 0 Å². The average molecular weight is 511 g/mol. The van der Waals surface area contributed by atoms with E-state index in [0.29, 0.717) is 0 Å². The second-order valence-electron chi connectivity index (χ2n) is 10.8. The first-order valence-corrected chi connectivity index (χ1v) is 13.9. The van der Waals surface area contributed by atoms with Gasteiger partial charge in [-0.1, -0.05) is 104 Å². The number of anilines is 4. The number of hydrogen-bond acceptors (Lipinski definition) is 2. The first-order valence-electron chi connectivity index (χ1n) is 13.9. The summed E-state index contributed by atoms with van der Waals surface area (Å²) in [6, 6.07) is 52.1. The molecule has 0 aromatic heterocycles. The van der Waals surface area contributed by atoms with Gasteiger partial charge in [-0.3, -0.25) is 0 Å². The molecular weight excluding hydrogens is 472 g/mol. The van der Waals surface area contributed by atoms with E-state index in [4.69, 9.17) is 0 Å². The molecule has 0 N–H and O–H groups in total. The van der Waals surface area contributed by atoms with Crippen LogP contribution in [0.5, 0.6) is 0 Å². The van der Waals surface area contributed by atoms with E-state index < -0.39 is 0 Å². The predicted molar refractivity (Wildman–Crippen MR) is 167 cm³/mol. The molecule has 0 radical (unpaired) electrons. The van der Waals surface area contributed by atoms with Crippen molar-refractivity contribution in [3.05, 3.63) is 157 Å². The van der Waals surface area contributed by atoms with Crippen LogP contribution in [0.4, 0.5) is 22.7 Å². The van der Waals surface area contributed by atoms with Crippen molar-refractivity contribution in [2.45, 2.75) is 45.2 Å². The molecule has 0 amide bonds. The highest BCUT2D eigenvalue weighted by atomic mass is 15.2. The quantitative estimate of drug-likeness (QED) is 0.195. The van der Waals surface area contributed by atoms with Crippen LogP contribution < -0.4 is 9.80 Å². The lowest BCUT2D eigenvalue weighted by Crippen LogP contribution is -2.41. The van der Waals surface area contributed by atoms with Crippen molar-refractivity contribution in [1.82, 2.24) is 0 Å². The van der Waals surface area contributed by atoms with Crippen LogP contribution in [0.3, 0.4) is 0 Å². The van der Waals surface area contributed by atoms with Gasteiger partial charge in [-0.2, -0.15) is 0 Å². The molecule has 196 valence electrons. The molecule has 0 spiro atoms. The first-order chi connectivity index (χ1) is 18.9. The summed E-state index contributed by atoms with van der Waals surface area (Å²) >= 11 is 0. The van der Waals surface area contributed by atoms with Crippen LogP contribution in [-0.4, -0.2) is 0 Å². The highest BCUT2D eigenvalue weighted by Crippen LogP contribution is 2.43. The number of hydrogen-bond donors (Lipinski definition) is 0. The molecule has 1 atom stereocenters. The fraction of sp³-hybridized carbons (Fsp3) is 0.189. The Bertz CT molecular complexity index is 1370. The topological polar surface area (TPSA) is 6.48 Å². The Labute approximate surface area is 234 Å². The zero-order chi connectivity index (χ0) is 27.3. The van der Waals surface area contributed by atoms with Gasteiger partial charge in [-0.25, -0.2) is 0 Å².